The monoisotopic (exact) mass is 1550 g/mol. The number of benzene rings is 3. The van der Waals surface area contributed by atoms with Gasteiger partial charge in [0.1, 0.15) is 29.4 Å². The van der Waals surface area contributed by atoms with Gasteiger partial charge in [-0.3, -0.25) is 48.3 Å². The van der Waals surface area contributed by atoms with Crippen LogP contribution in [0.5, 0.6) is 0 Å². The number of ketones is 6. The Labute approximate surface area is 612 Å². The van der Waals surface area contributed by atoms with Gasteiger partial charge in [0.15, 0.2) is 27.1 Å². The van der Waals surface area contributed by atoms with Gasteiger partial charge < -0.3 is 18.6 Å². The number of aromatic nitrogens is 2. The molecule has 0 aliphatic carbocycles. The molecule has 1 unspecified atom stereocenters. The molecular weight excluding hydrogens is 1480 g/mol. The minimum absolute atomic E-state index is 0.0200. The van der Waals surface area contributed by atoms with Crippen molar-refractivity contribution >= 4 is 202 Å². The molecule has 0 bridgehead atoms. The van der Waals surface area contributed by atoms with Gasteiger partial charge in [-0.25, -0.2) is 10.0 Å². The first kappa shape index (κ1) is 79.0. The van der Waals surface area contributed by atoms with E-state index in [1.807, 2.05) is 96.9 Å². The number of hydrazone groups is 2. The number of carbonyl (C=O) groups is 8. The van der Waals surface area contributed by atoms with Crippen LogP contribution in [0.1, 0.15) is 164 Å². The smallest absolute Gasteiger partial charge is 0.399 e. The molecule has 1 atom stereocenters. The number of Topliss-reactive ketones (excluding diaryl/α,β-unsaturated/α-hetero) is 5. The first-order valence-electron chi connectivity index (χ1n) is 30.4. The number of halogens is 9. The largest absolute Gasteiger partial charge is 0.494 e. The van der Waals surface area contributed by atoms with Crippen molar-refractivity contribution in [2.24, 2.45) is 32.0 Å². The molecule has 0 spiro atoms. The van der Waals surface area contributed by atoms with Crippen LogP contribution in [0.25, 0.3) is 0 Å². The first-order valence-corrected chi connectivity index (χ1v) is 34.2. The molecular formula is C66H69B2BrCl8N8O12. The van der Waals surface area contributed by atoms with Crippen molar-refractivity contribution in [3.05, 3.63) is 135 Å². The van der Waals surface area contributed by atoms with Crippen molar-refractivity contribution in [3.8, 4) is 0 Å². The Morgan fingerprint density at radius 2 is 0.948 bits per heavy atom. The third-order valence-electron chi connectivity index (χ3n) is 17.0. The van der Waals surface area contributed by atoms with E-state index in [1.54, 1.807) is 36.4 Å². The van der Waals surface area contributed by atoms with E-state index < -0.39 is 59.9 Å². The molecule has 2 fully saturated rings. The zero-order valence-electron chi connectivity index (χ0n) is 55.9. The summed E-state index contributed by atoms with van der Waals surface area (Å²) in [6, 6.07) is 11.0. The lowest BCUT2D eigenvalue weighted by atomic mass is 9.78. The maximum absolute atomic E-state index is 13.1. The highest BCUT2D eigenvalue weighted by atomic mass is 79.9. The molecule has 6 aliphatic heterocycles. The molecule has 20 nitrogen and oxygen atoms in total. The normalized spacial score (nSPS) is 19.5. The maximum Gasteiger partial charge on any atom is 0.494 e. The summed E-state index contributed by atoms with van der Waals surface area (Å²) in [7, 11) is 1.70. The lowest BCUT2D eigenvalue weighted by Crippen LogP contribution is -2.41. The molecule has 2 amide bonds. The summed E-state index contributed by atoms with van der Waals surface area (Å²) in [4.78, 5) is 105. The van der Waals surface area contributed by atoms with Crippen LogP contribution in [0.2, 0.25) is 35.3 Å². The van der Waals surface area contributed by atoms with Crippen LogP contribution in [-0.4, -0.2) is 158 Å². The summed E-state index contributed by atoms with van der Waals surface area (Å²) in [5.74, 6) is -2.54. The Balaban J connectivity index is 0.000000191. The van der Waals surface area contributed by atoms with Crippen LogP contribution in [0.15, 0.2) is 86.0 Å². The Morgan fingerprint density at radius 1 is 0.536 bits per heavy atom. The summed E-state index contributed by atoms with van der Waals surface area (Å²) in [6.07, 6.45) is 2.83. The number of dihydropyridines is 2. The van der Waals surface area contributed by atoms with Gasteiger partial charge in [-0.05, 0) is 166 Å². The molecule has 3 aromatic carbocycles. The van der Waals surface area contributed by atoms with E-state index in [2.05, 4.69) is 46.3 Å². The van der Waals surface area contributed by atoms with E-state index >= 15 is 0 Å². The number of hydrogen-bond acceptors (Lipinski definition) is 18. The van der Waals surface area contributed by atoms with Crippen molar-refractivity contribution in [1.29, 1.82) is 0 Å². The van der Waals surface area contributed by atoms with Crippen LogP contribution >= 0.6 is 109 Å². The number of aliphatic imine (C=N–C) groups is 2. The maximum atomic E-state index is 13.1. The molecule has 31 heteroatoms. The van der Waals surface area contributed by atoms with Crippen molar-refractivity contribution in [2.75, 3.05) is 27.2 Å². The van der Waals surface area contributed by atoms with Gasteiger partial charge in [0.25, 0.3) is 0 Å². The zero-order valence-corrected chi connectivity index (χ0v) is 63.5. The molecule has 0 N–H and O–H groups in total. The van der Waals surface area contributed by atoms with Crippen molar-refractivity contribution in [3.63, 3.8) is 0 Å². The molecule has 514 valence electrons. The van der Waals surface area contributed by atoms with Gasteiger partial charge in [-0.15, -0.1) is 21.8 Å². The Kier molecular flexibility index (Phi) is 25.4. The number of nitrogens with zero attached hydrogens (tertiary/aromatic N) is 8. The molecule has 0 radical (unpaired) electrons. The van der Waals surface area contributed by atoms with Gasteiger partial charge in [-0.1, -0.05) is 123 Å². The minimum atomic E-state index is -0.637. The third kappa shape index (κ3) is 17.9. The number of alkyl halides is 1. The van der Waals surface area contributed by atoms with E-state index in [-0.39, 0.29) is 139 Å². The van der Waals surface area contributed by atoms with E-state index in [1.165, 1.54) is 32.3 Å². The SMILES string of the molecule is CC(C)C1=CC(C(=O)c2c(Cl)cc(B3OC(C)(C)C(C)(C)O3)cc2Cl)=NCC1Cl.CC(C)C1=CC(C(=O)c2c(Cl)cc(C3=NN(C)C(=O)CC3=O)cc2Cl)=NCC1=O.CC(C)c1cc(C(=O)c2c(Cl)cc(B3OC(C)(C)C(C)(C)O3)cc2Cl)nnc1Cl.CN1N=C(Br)C(=O)CC1=O. The van der Waals surface area contributed by atoms with Gasteiger partial charge in [-0.2, -0.15) is 10.2 Å². The van der Waals surface area contributed by atoms with Crippen molar-refractivity contribution in [1.82, 2.24) is 20.2 Å². The fourth-order valence-corrected chi connectivity index (χ4v) is 12.9. The second-order valence-electron chi connectivity index (χ2n) is 26.1. The highest BCUT2D eigenvalue weighted by Crippen LogP contribution is 2.40. The third-order valence-corrected chi connectivity index (χ3v) is 20.1. The summed E-state index contributed by atoms with van der Waals surface area (Å²) in [5.41, 5.74) is 2.84. The molecule has 0 saturated carbocycles. The molecule has 2 saturated heterocycles. The van der Waals surface area contributed by atoms with E-state index in [0.29, 0.717) is 34.3 Å². The number of hydrogen-bond donors (Lipinski definition) is 0. The Bertz CT molecular complexity index is 4050. The molecule has 6 aliphatic rings. The van der Waals surface area contributed by atoms with Gasteiger partial charge in [0.05, 0.1) is 94.0 Å². The summed E-state index contributed by atoms with van der Waals surface area (Å²) >= 11 is 53.8. The fraction of sp³-hybridized carbons (Fsp3) is 0.424. The summed E-state index contributed by atoms with van der Waals surface area (Å²) < 4.78 is 24.4. The molecule has 4 aromatic rings. The van der Waals surface area contributed by atoms with Crippen LogP contribution in [0.3, 0.4) is 0 Å². The van der Waals surface area contributed by atoms with E-state index in [4.69, 9.17) is 111 Å². The van der Waals surface area contributed by atoms with Crippen molar-refractivity contribution < 1.29 is 57.0 Å². The topological polar surface area (TPSA) is 255 Å². The molecule has 1 aromatic heterocycles. The summed E-state index contributed by atoms with van der Waals surface area (Å²) in [6.45, 7) is 27.7. The highest BCUT2D eigenvalue weighted by Gasteiger charge is 2.53. The number of carbonyl (C=O) groups excluding carboxylic acids is 8. The second kappa shape index (κ2) is 31.3. The zero-order chi connectivity index (χ0) is 72.6. The van der Waals surface area contributed by atoms with Crippen LogP contribution in [0, 0.1) is 11.8 Å². The molecule has 97 heavy (non-hydrogen) atoms. The number of amides is 2. The predicted molar refractivity (Wildman–Crippen MR) is 387 cm³/mol. The van der Waals surface area contributed by atoms with Gasteiger partial charge in [0.2, 0.25) is 29.2 Å². The lowest BCUT2D eigenvalue weighted by Gasteiger charge is -2.32. The van der Waals surface area contributed by atoms with Crippen LogP contribution < -0.4 is 10.9 Å². The van der Waals surface area contributed by atoms with E-state index in [0.717, 1.165) is 21.2 Å². The lowest BCUT2D eigenvalue weighted by molar-refractivity contribution is -0.135. The Hall–Kier alpha value is -5.37. The summed E-state index contributed by atoms with van der Waals surface area (Å²) in [5, 5.41) is 18.6. The molecule has 10 rings (SSSR count). The Morgan fingerprint density at radius 3 is 1.37 bits per heavy atom. The van der Waals surface area contributed by atoms with Crippen molar-refractivity contribution in [2.45, 2.75) is 143 Å². The number of rotatable bonds is 12. The number of allylic oxidation sites excluding steroid dienone is 2. The fourth-order valence-electron chi connectivity index (χ4n) is 9.84. The average molecular weight is 1550 g/mol. The quantitative estimate of drug-likeness (QED) is 0.0553. The minimum Gasteiger partial charge on any atom is -0.399 e. The molecule has 7 heterocycles. The van der Waals surface area contributed by atoms with Gasteiger partial charge in [0, 0.05) is 25.2 Å². The predicted octanol–water partition coefficient (Wildman–Crippen LogP) is 13.3. The second-order valence-corrected chi connectivity index (χ2v) is 30.2. The first-order chi connectivity index (χ1) is 44.9. The average Bonchev–Trinajstić information content (AvgIpc) is 1.72. The standard InChI is InChI=1S/C21H25BCl3NO3.C20H22BCl3N2O3.C20H17Cl2N3O4.C5H5BrN2O2/c1-11(2)13-9-17(26-10-16(13)25)19(27)18-14(23)7-12(8-15(18)24)22-28-20(3,4)21(5,6)29-22;1-10(2)12-9-15(25-26-18(12)24)17(27)16-13(22)7-11(8-14(16)23)21-28-19(3,4)20(5,6)29-21;1-9(2)11-6-14(23-8-16(11)27)20(29)18-12(21)4-10(5-13(18)22)19-15(26)7-17(28)25(3)24-19;1-8-4(10)2-3(9)5(6)7-8/h7-9,11,16H,10H2,1-6H3;7-10H,1-6H3;4-6,9H,7-8H2,1-3H3;2H2,1H3. The van der Waals surface area contributed by atoms with Crippen LogP contribution in [0.4, 0.5) is 0 Å². The van der Waals surface area contributed by atoms with Gasteiger partial charge >= 0.3 is 14.2 Å². The van der Waals surface area contributed by atoms with Crippen LogP contribution in [-0.2, 0) is 42.6 Å². The van der Waals surface area contributed by atoms with E-state index in [9.17, 15) is 38.4 Å². The highest BCUT2D eigenvalue weighted by molar-refractivity contribution is 9.19.